The Balaban J connectivity index is 1.75. The molecule has 0 atom stereocenters. The summed E-state index contributed by atoms with van der Waals surface area (Å²) >= 11 is 0. The normalized spacial score (nSPS) is 18.4. The molecule has 3 N–H and O–H groups in total. The number of nitrogens with zero attached hydrogens (tertiary/aromatic N) is 2. The maximum atomic E-state index is 8.99. The van der Waals surface area contributed by atoms with Crippen LogP contribution < -0.4 is 5.73 Å². The van der Waals surface area contributed by atoms with Crippen LogP contribution in [0.15, 0.2) is 24.3 Å². The summed E-state index contributed by atoms with van der Waals surface area (Å²) in [6.07, 6.45) is 2.28. The summed E-state index contributed by atoms with van der Waals surface area (Å²) in [6, 6.07) is 8.18. The molecule has 1 aromatic carbocycles. The van der Waals surface area contributed by atoms with Gasteiger partial charge in [0.1, 0.15) is 0 Å². The number of benzene rings is 1. The van der Waals surface area contributed by atoms with Crippen molar-refractivity contribution in [2.75, 3.05) is 51.6 Å². The minimum atomic E-state index is 0.269. The van der Waals surface area contributed by atoms with Crippen LogP contribution in [0.4, 0.5) is 5.69 Å². The fourth-order valence-electron chi connectivity index (χ4n) is 2.58. The molecule has 1 aromatic rings. The van der Waals surface area contributed by atoms with Gasteiger partial charge in [-0.05, 0) is 43.6 Å². The van der Waals surface area contributed by atoms with Crippen LogP contribution in [0.25, 0.3) is 0 Å². The zero-order valence-corrected chi connectivity index (χ0v) is 11.6. The molecule has 19 heavy (non-hydrogen) atoms. The van der Waals surface area contributed by atoms with Crippen LogP contribution in [0.2, 0.25) is 0 Å². The summed E-state index contributed by atoms with van der Waals surface area (Å²) in [6.45, 7) is 6.64. The van der Waals surface area contributed by atoms with E-state index in [-0.39, 0.29) is 6.61 Å². The third-order valence-corrected chi connectivity index (χ3v) is 3.79. The largest absolute Gasteiger partial charge is 0.399 e. The number of aliphatic hydroxyl groups is 1. The summed E-state index contributed by atoms with van der Waals surface area (Å²) in [5, 5.41) is 8.99. The van der Waals surface area contributed by atoms with E-state index in [1.807, 2.05) is 12.1 Å². The van der Waals surface area contributed by atoms with Crippen molar-refractivity contribution in [3.63, 3.8) is 0 Å². The van der Waals surface area contributed by atoms with Gasteiger partial charge in [-0.25, -0.2) is 0 Å². The minimum Gasteiger partial charge on any atom is -0.399 e. The van der Waals surface area contributed by atoms with Gasteiger partial charge < -0.3 is 15.7 Å². The molecule has 1 fully saturated rings. The van der Waals surface area contributed by atoms with Crippen LogP contribution in [-0.4, -0.2) is 60.8 Å². The predicted molar refractivity (Wildman–Crippen MR) is 79.1 cm³/mol. The second kappa shape index (κ2) is 7.48. The number of aliphatic hydroxyl groups excluding tert-OH is 1. The van der Waals surface area contributed by atoms with Crippen LogP contribution in [-0.2, 0) is 6.42 Å². The van der Waals surface area contributed by atoms with Crippen LogP contribution in [0.5, 0.6) is 0 Å². The molecular weight excluding hydrogens is 238 g/mol. The third kappa shape index (κ3) is 4.82. The zero-order valence-electron chi connectivity index (χ0n) is 11.6. The number of nitrogen functional groups attached to an aromatic ring is 1. The molecule has 4 nitrogen and oxygen atoms in total. The predicted octanol–water partition coefficient (Wildman–Crippen LogP) is 0.811. The first-order valence-corrected chi connectivity index (χ1v) is 7.18. The van der Waals surface area contributed by atoms with E-state index < -0.39 is 0 Å². The van der Waals surface area contributed by atoms with Crippen molar-refractivity contribution in [2.24, 2.45) is 0 Å². The van der Waals surface area contributed by atoms with E-state index in [0.29, 0.717) is 0 Å². The molecule has 4 heteroatoms. The number of hydrogen-bond acceptors (Lipinski definition) is 4. The minimum absolute atomic E-state index is 0.269. The molecular formula is C15H25N3O. The monoisotopic (exact) mass is 263 g/mol. The number of β-amino-alcohol motifs (C(OH)–C–C–N with tert-alkyl or cyclic N) is 1. The molecule has 0 unspecified atom stereocenters. The van der Waals surface area contributed by atoms with Crippen LogP contribution in [0.3, 0.4) is 0 Å². The molecule has 1 aliphatic heterocycles. The standard InChI is InChI=1S/C15H25N3O/c16-15-4-2-14(3-5-15)6-9-17-7-1-8-18(11-10-17)12-13-19/h2-5,19H,1,6-13,16H2. The van der Waals surface area contributed by atoms with Crippen LogP contribution >= 0.6 is 0 Å². The van der Waals surface area contributed by atoms with Gasteiger partial charge in [-0.3, -0.25) is 4.90 Å². The lowest BCUT2D eigenvalue weighted by Crippen LogP contribution is -2.33. The fourth-order valence-corrected chi connectivity index (χ4v) is 2.58. The Morgan fingerprint density at radius 3 is 2.21 bits per heavy atom. The molecule has 106 valence electrons. The molecule has 0 spiro atoms. The Morgan fingerprint density at radius 1 is 0.947 bits per heavy atom. The van der Waals surface area contributed by atoms with Crippen molar-refractivity contribution < 1.29 is 5.11 Å². The van der Waals surface area contributed by atoms with Crippen molar-refractivity contribution >= 4 is 5.69 Å². The molecule has 0 saturated carbocycles. The summed E-state index contributed by atoms with van der Waals surface area (Å²) in [4.78, 5) is 4.87. The lowest BCUT2D eigenvalue weighted by molar-refractivity contribution is 0.197. The molecule has 0 amide bonds. The van der Waals surface area contributed by atoms with Crippen molar-refractivity contribution in [3.05, 3.63) is 29.8 Å². The maximum absolute atomic E-state index is 8.99. The lowest BCUT2D eigenvalue weighted by atomic mass is 10.1. The highest BCUT2D eigenvalue weighted by atomic mass is 16.3. The second-order valence-electron chi connectivity index (χ2n) is 5.25. The van der Waals surface area contributed by atoms with E-state index in [2.05, 4.69) is 21.9 Å². The van der Waals surface area contributed by atoms with Gasteiger partial charge in [-0.1, -0.05) is 12.1 Å². The second-order valence-corrected chi connectivity index (χ2v) is 5.25. The molecule has 1 heterocycles. The van der Waals surface area contributed by atoms with Gasteiger partial charge in [0.2, 0.25) is 0 Å². The van der Waals surface area contributed by atoms with Crippen molar-refractivity contribution in [1.82, 2.24) is 9.80 Å². The van der Waals surface area contributed by atoms with E-state index in [4.69, 9.17) is 10.8 Å². The summed E-state index contributed by atoms with van der Waals surface area (Å²) in [5.74, 6) is 0. The number of hydrogen-bond donors (Lipinski definition) is 2. The number of nitrogens with two attached hydrogens (primary N) is 1. The topological polar surface area (TPSA) is 52.7 Å². The highest BCUT2D eigenvalue weighted by Crippen LogP contribution is 2.08. The third-order valence-electron chi connectivity index (χ3n) is 3.79. The van der Waals surface area contributed by atoms with Crippen LogP contribution in [0.1, 0.15) is 12.0 Å². The van der Waals surface area contributed by atoms with E-state index in [1.165, 1.54) is 12.0 Å². The van der Waals surface area contributed by atoms with Gasteiger partial charge in [0.25, 0.3) is 0 Å². The zero-order chi connectivity index (χ0) is 13.5. The number of anilines is 1. The van der Waals surface area contributed by atoms with Gasteiger partial charge in [-0.2, -0.15) is 0 Å². The molecule has 1 saturated heterocycles. The van der Waals surface area contributed by atoms with Gasteiger partial charge in [0.15, 0.2) is 0 Å². The van der Waals surface area contributed by atoms with E-state index in [0.717, 1.165) is 51.4 Å². The number of rotatable bonds is 5. The first-order valence-electron chi connectivity index (χ1n) is 7.18. The highest BCUT2D eigenvalue weighted by Gasteiger charge is 2.13. The molecule has 0 aromatic heterocycles. The lowest BCUT2D eigenvalue weighted by Gasteiger charge is -2.21. The Morgan fingerprint density at radius 2 is 1.58 bits per heavy atom. The van der Waals surface area contributed by atoms with E-state index in [9.17, 15) is 0 Å². The Hall–Kier alpha value is -1.10. The SMILES string of the molecule is Nc1ccc(CCN2CCCN(CCO)CC2)cc1. The van der Waals surface area contributed by atoms with E-state index >= 15 is 0 Å². The molecule has 0 bridgehead atoms. The van der Waals surface area contributed by atoms with Crippen molar-refractivity contribution in [1.29, 1.82) is 0 Å². The summed E-state index contributed by atoms with van der Waals surface area (Å²) in [5.41, 5.74) is 7.88. The first-order chi connectivity index (χ1) is 9.28. The average Bonchev–Trinajstić information content (AvgIpc) is 2.64. The quantitative estimate of drug-likeness (QED) is 0.772. The Kier molecular flexibility index (Phi) is 5.63. The van der Waals surface area contributed by atoms with Gasteiger partial charge in [0, 0.05) is 31.9 Å². The Bertz CT molecular complexity index is 366. The van der Waals surface area contributed by atoms with Gasteiger partial charge in [0.05, 0.1) is 6.61 Å². The summed E-state index contributed by atoms with van der Waals surface area (Å²) < 4.78 is 0. The molecule has 0 radical (unpaired) electrons. The van der Waals surface area contributed by atoms with Crippen molar-refractivity contribution in [2.45, 2.75) is 12.8 Å². The maximum Gasteiger partial charge on any atom is 0.0558 e. The van der Waals surface area contributed by atoms with Gasteiger partial charge in [-0.15, -0.1) is 0 Å². The highest BCUT2D eigenvalue weighted by molar-refractivity contribution is 5.39. The first kappa shape index (κ1) is 14.3. The summed E-state index contributed by atoms with van der Waals surface area (Å²) in [7, 11) is 0. The average molecular weight is 263 g/mol. The van der Waals surface area contributed by atoms with Crippen LogP contribution in [0, 0.1) is 0 Å². The van der Waals surface area contributed by atoms with E-state index in [1.54, 1.807) is 0 Å². The fraction of sp³-hybridized carbons (Fsp3) is 0.600. The molecule has 0 aliphatic carbocycles. The van der Waals surface area contributed by atoms with Crippen molar-refractivity contribution in [3.8, 4) is 0 Å². The van der Waals surface area contributed by atoms with Gasteiger partial charge >= 0.3 is 0 Å². The Labute approximate surface area is 115 Å². The molecule has 1 aliphatic rings. The smallest absolute Gasteiger partial charge is 0.0558 e. The molecule has 2 rings (SSSR count).